The summed E-state index contributed by atoms with van der Waals surface area (Å²) in [5.74, 6) is 0.0911. The van der Waals surface area contributed by atoms with E-state index in [-0.39, 0.29) is 33.0 Å². The van der Waals surface area contributed by atoms with Crippen molar-refractivity contribution in [3.8, 4) is 17.2 Å². The van der Waals surface area contributed by atoms with E-state index >= 15 is 0 Å². The number of benzene rings is 2. The molecular formula is C21H29N3O8S2. The van der Waals surface area contributed by atoms with E-state index in [2.05, 4.69) is 10.0 Å². The number of methoxy groups -OCH3 is 3. The first-order chi connectivity index (χ1) is 15.8. The number of hydrogen-bond acceptors (Lipinski definition) is 8. The van der Waals surface area contributed by atoms with E-state index in [0.29, 0.717) is 5.75 Å². The highest BCUT2D eigenvalue weighted by Crippen LogP contribution is 2.31. The molecule has 0 aromatic heterocycles. The Morgan fingerprint density at radius 1 is 0.882 bits per heavy atom. The van der Waals surface area contributed by atoms with Crippen LogP contribution in [0.1, 0.15) is 13.8 Å². The second-order valence-electron chi connectivity index (χ2n) is 7.46. The summed E-state index contributed by atoms with van der Waals surface area (Å²) in [6.07, 6.45) is 0. The fraction of sp³-hybridized carbons (Fsp3) is 0.381. The molecule has 0 atom stereocenters. The molecule has 0 aliphatic carbocycles. The van der Waals surface area contributed by atoms with Crippen LogP contribution >= 0.6 is 0 Å². The Morgan fingerprint density at radius 2 is 1.44 bits per heavy atom. The average molecular weight is 516 g/mol. The summed E-state index contributed by atoms with van der Waals surface area (Å²) in [6.45, 7) is 2.82. The molecule has 2 aromatic carbocycles. The fourth-order valence-electron chi connectivity index (χ4n) is 2.96. The lowest BCUT2D eigenvalue weighted by Gasteiger charge is -2.19. The molecule has 1 amide bonds. The zero-order chi connectivity index (χ0) is 25.7. The van der Waals surface area contributed by atoms with E-state index in [4.69, 9.17) is 14.2 Å². The van der Waals surface area contributed by atoms with E-state index in [1.807, 2.05) is 0 Å². The van der Waals surface area contributed by atoms with Crippen molar-refractivity contribution >= 4 is 31.6 Å². The topological polar surface area (TPSA) is 140 Å². The first-order valence-corrected chi connectivity index (χ1v) is 13.0. The van der Waals surface area contributed by atoms with Crippen LogP contribution in [-0.4, -0.2) is 68.0 Å². The van der Waals surface area contributed by atoms with Crippen LogP contribution in [0.15, 0.2) is 46.2 Å². The van der Waals surface area contributed by atoms with Gasteiger partial charge in [0.1, 0.15) is 5.75 Å². The minimum atomic E-state index is -4.04. The van der Waals surface area contributed by atoms with Gasteiger partial charge in [0.15, 0.2) is 11.5 Å². The van der Waals surface area contributed by atoms with Crippen molar-refractivity contribution in [3.05, 3.63) is 36.4 Å². The normalized spacial score (nSPS) is 12.0. The molecule has 0 unspecified atom stereocenters. The number of sulfonamides is 2. The highest BCUT2D eigenvalue weighted by molar-refractivity contribution is 7.89. The summed E-state index contributed by atoms with van der Waals surface area (Å²) in [7, 11) is -2.46. The zero-order valence-electron chi connectivity index (χ0n) is 19.8. The number of carbonyl (C=O) groups excluding carboxylic acids is 1. The minimum absolute atomic E-state index is 0.0797. The molecule has 0 heterocycles. The van der Waals surface area contributed by atoms with Gasteiger partial charge in [0.2, 0.25) is 26.0 Å². The summed E-state index contributed by atoms with van der Waals surface area (Å²) in [6, 6.07) is 7.72. The zero-order valence-corrected chi connectivity index (χ0v) is 21.4. The van der Waals surface area contributed by atoms with Crippen LogP contribution in [0.5, 0.6) is 17.2 Å². The van der Waals surface area contributed by atoms with Crippen LogP contribution < -0.4 is 24.2 Å². The highest BCUT2D eigenvalue weighted by atomic mass is 32.2. The van der Waals surface area contributed by atoms with Crippen molar-refractivity contribution in [3.63, 3.8) is 0 Å². The molecule has 13 heteroatoms. The van der Waals surface area contributed by atoms with Gasteiger partial charge in [0, 0.05) is 19.2 Å². The number of rotatable bonds is 11. The van der Waals surface area contributed by atoms with E-state index in [0.717, 1.165) is 4.31 Å². The van der Waals surface area contributed by atoms with Gasteiger partial charge < -0.3 is 19.5 Å². The first kappa shape index (κ1) is 27.4. The molecule has 11 nitrogen and oxygen atoms in total. The first-order valence-electron chi connectivity index (χ1n) is 10.0. The van der Waals surface area contributed by atoms with E-state index in [1.54, 1.807) is 13.8 Å². The Kier molecular flexibility index (Phi) is 8.89. The van der Waals surface area contributed by atoms with E-state index in [1.165, 1.54) is 64.8 Å². The second kappa shape index (κ2) is 11.0. The summed E-state index contributed by atoms with van der Waals surface area (Å²) >= 11 is 0. The maximum Gasteiger partial charge on any atom is 0.243 e. The van der Waals surface area contributed by atoms with Crippen molar-refractivity contribution in [2.45, 2.75) is 29.7 Å². The Morgan fingerprint density at radius 3 is 2.00 bits per heavy atom. The standard InChI is InChI=1S/C21H29N3O8S2/c1-14(2)23-33(26,27)15-7-9-18(30-4)17(11-15)22-21(25)13-24(3)34(28,29)16-8-10-19(31-5)20(12-16)32-6/h7-12,14,23H,13H2,1-6H3,(H,22,25). The SMILES string of the molecule is COc1ccc(S(=O)(=O)NC(C)C)cc1NC(=O)CN(C)S(=O)(=O)c1ccc(OC)c(OC)c1. The summed E-state index contributed by atoms with van der Waals surface area (Å²) in [5, 5.41) is 2.52. The van der Waals surface area contributed by atoms with Gasteiger partial charge in [-0.3, -0.25) is 4.79 Å². The van der Waals surface area contributed by atoms with Crippen LogP contribution in [0, 0.1) is 0 Å². The van der Waals surface area contributed by atoms with Gasteiger partial charge in [-0.2, -0.15) is 4.31 Å². The quantitative estimate of drug-likeness (QED) is 0.460. The summed E-state index contributed by atoms with van der Waals surface area (Å²) in [4.78, 5) is 12.5. The number of ether oxygens (including phenoxy) is 3. The van der Waals surface area contributed by atoms with Gasteiger partial charge >= 0.3 is 0 Å². The molecule has 2 aromatic rings. The lowest BCUT2D eigenvalue weighted by atomic mass is 10.3. The van der Waals surface area contributed by atoms with Crippen LogP contribution in [-0.2, 0) is 24.8 Å². The lowest BCUT2D eigenvalue weighted by molar-refractivity contribution is -0.116. The molecule has 0 radical (unpaired) electrons. The van der Waals surface area contributed by atoms with Crippen molar-refractivity contribution in [2.24, 2.45) is 0 Å². The predicted molar refractivity (Wildman–Crippen MR) is 126 cm³/mol. The van der Waals surface area contributed by atoms with Crippen LogP contribution in [0.3, 0.4) is 0 Å². The average Bonchev–Trinajstić information content (AvgIpc) is 2.77. The molecule has 34 heavy (non-hydrogen) atoms. The highest BCUT2D eigenvalue weighted by Gasteiger charge is 2.25. The van der Waals surface area contributed by atoms with Crippen molar-refractivity contribution in [1.29, 1.82) is 0 Å². The molecule has 0 saturated heterocycles. The maximum absolute atomic E-state index is 12.9. The van der Waals surface area contributed by atoms with Gasteiger partial charge in [-0.15, -0.1) is 0 Å². The van der Waals surface area contributed by atoms with Crippen LogP contribution in [0.2, 0.25) is 0 Å². The third-order valence-electron chi connectivity index (χ3n) is 4.58. The number of nitrogens with one attached hydrogen (secondary N) is 2. The van der Waals surface area contributed by atoms with Gasteiger partial charge in [-0.05, 0) is 44.2 Å². The molecule has 0 bridgehead atoms. The summed E-state index contributed by atoms with van der Waals surface area (Å²) < 4.78 is 69.6. The third kappa shape index (κ3) is 6.38. The van der Waals surface area contributed by atoms with Gasteiger partial charge in [0.25, 0.3) is 0 Å². The van der Waals surface area contributed by atoms with E-state index < -0.39 is 32.5 Å². The predicted octanol–water partition coefficient (Wildman–Crippen LogP) is 1.66. The Hall–Kier alpha value is -2.87. The minimum Gasteiger partial charge on any atom is -0.495 e. The molecule has 0 saturated carbocycles. The fourth-order valence-corrected chi connectivity index (χ4v) is 5.38. The monoisotopic (exact) mass is 515 g/mol. The molecular weight excluding hydrogens is 486 g/mol. The molecule has 2 rings (SSSR count). The van der Waals surface area contributed by atoms with Crippen LogP contribution in [0.4, 0.5) is 5.69 Å². The lowest BCUT2D eigenvalue weighted by Crippen LogP contribution is -2.35. The second-order valence-corrected chi connectivity index (χ2v) is 11.2. The number of hydrogen-bond donors (Lipinski definition) is 2. The summed E-state index contributed by atoms with van der Waals surface area (Å²) in [5.41, 5.74) is 0.0797. The number of anilines is 1. The Balaban J connectivity index is 2.25. The van der Waals surface area contributed by atoms with Crippen LogP contribution in [0.25, 0.3) is 0 Å². The third-order valence-corrected chi connectivity index (χ3v) is 8.03. The van der Waals surface area contributed by atoms with Gasteiger partial charge in [-0.1, -0.05) is 0 Å². The molecule has 188 valence electrons. The van der Waals surface area contributed by atoms with Crippen molar-refractivity contribution in [1.82, 2.24) is 9.03 Å². The largest absolute Gasteiger partial charge is 0.495 e. The Labute approximate surface area is 200 Å². The Bertz CT molecular complexity index is 1240. The van der Waals surface area contributed by atoms with E-state index in [9.17, 15) is 21.6 Å². The molecule has 0 aliphatic heterocycles. The van der Waals surface area contributed by atoms with Crippen molar-refractivity contribution < 1.29 is 35.8 Å². The van der Waals surface area contributed by atoms with Crippen molar-refractivity contribution in [2.75, 3.05) is 40.2 Å². The molecule has 0 aliphatic rings. The molecule has 2 N–H and O–H groups in total. The molecule has 0 fully saturated rings. The number of likely N-dealkylation sites (N-methyl/N-ethyl adjacent to an activating group) is 1. The smallest absolute Gasteiger partial charge is 0.243 e. The number of nitrogens with zero attached hydrogens (tertiary/aromatic N) is 1. The number of carbonyl (C=O) groups is 1. The van der Waals surface area contributed by atoms with Gasteiger partial charge in [0.05, 0.1) is 43.4 Å². The number of amides is 1. The van der Waals surface area contributed by atoms with Gasteiger partial charge in [-0.25, -0.2) is 21.6 Å². The maximum atomic E-state index is 12.9. The molecule has 0 spiro atoms.